The number of nitrogens with zero attached hydrogens (tertiary/aromatic N) is 6. The summed E-state index contributed by atoms with van der Waals surface area (Å²) in [6.45, 7) is 5.94. The van der Waals surface area contributed by atoms with Crippen LogP contribution in [0.5, 0.6) is 0 Å². The van der Waals surface area contributed by atoms with Crippen LogP contribution in [0.3, 0.4) is 0 Å². The number of hydrogen-bond donors (Lipinski definition) is 1. The lowest BCUT2D eigenvalue weighted by Crippen LogP contribution is -2.26. The Morgan fingerprint density at radius 1 is 1.06 bits per heavy atom. The predicted octanol–water partition coefficient (Wildman–Crippen LogP) is 3.52. The van der Waals surface area contributed by atoms with E-state index in [-0.39, 0.29) is 0 Å². The van der Waals surface area contributed by atoms with Crippen molar-refractivity contribution in [2.45, 2.75) is 13.5 Å². The summed E-state index contributed by atoms with van der Waals surface area (Å²) in [6.07, 6.45) is 4.07. The standard InChI is InChI=1S/C25H25N7/c1-17-25(19-9-10-27-22(26)11-19)32-23(28-17)7-8-24(29-32)31-15-20-13-30(14-21(20)16-31)12-18-5-3-2-4-6-18/h2-11,13,21H,12,14-16H2,1H3,(H2,26,27). The highest BCUT2D eigenvalue weighted by molar-refractivity contribution is 5.68. The quantitative estimate of drug-likeness (QED) is 0.541. The zero-order chi connectivity index (χ0) is 21.7. The number of aromatic nitrogens is 4. The van der Waals surface area contributed by atoms with E-state index in [1.54, 1.807) is 6.20 Å². The number of nitrogen functional groups attached to an aromatic ring is 1. The third-order valence-corrected chi connectivity index (χ3v) is 6.39. The highest BCUT2D eigenvalue weighted by atomic mass is 15.3. The zero-order valence-corrected chi connectivity index (χ0v) is 18.0. The van der Waals surface area contributed by atoms with Crippen LogP contribution in [0.2, 0.25) is 0 Å². The average Bonchev–Trinajstić information content (AvgIpc) is 3.44. The Morgan fingerprint density at radius 2 is 1.94 bits per heavy atom. The molecule has 4 aromatic rings. The fourth-order valence-corrected chi connectivity index (χ4v) is 4.92. The van der Waals surface area contributed by atoms with Gasteiger partial charge in [0.2, 0.25) is 0 Å². The first-order chi connectivity index (χ1) is 15.6. The van der Waals surface area contributed by atoms with Crippen molar-refractivity contribution >= 4 is 17.3 Å². The maximum absolute atomic E-state index is 5.92. The summed E-state index contributed by atoms with van der Waals surface area (Å²) in [5, 5.41) is 4.98. The Kier molecular flexibility index (Phi) is 4.35. The first-order valence-corrected chi connectivity index (χ1v) is 11.0. The molecule has 2 aliphatic heterocycles. The molecule has 0 radical (unpaired) electrons. The molecule has 0 aliphatic carbocycles. The molecule has 0 saturated carbocycles. The molecular weight excluding hydrogens is 398 g/mol. The second-order valence-corrected chi connectivity index (χ2v) is 8.67. The molecule has 1 fully saturated rings. The molecule has 6 rings (SSSR count). The molecule has 3 aromatic heterocycles. The van der Waals surface area contributed by atoms with Gasteiger partial charge in [-0.25, -0.2) is 14.5 Å². The van der Waals surface area contributed by atoms with Crippen molar-refractivity contribution in [3.05, 3.63) is 83.8 Å². The highest BCUT2D eigenvalue weighted by Crippen LogP contribution is 2.33. The van der Waals surface area contributed by atoms with Gasteiger partial charge in [-0.2, -0.15) is 0 Å². The van der Waals surface area contributed by atoms with Gasteiger partial charge in [-0.1, -0.05) is 30.3 Å². The summed E-state index contributed by atoms with van der Waals surface area (Å²) < 4.78 is 1.93. The van der Waals surface area contributed by atoms with Gasteiger partial charge in [0.1, 0.15) is 11.6 Å². The lowest BCUT2D eigenvalue weighted by molar-refractivity contribution is 0.365. The van der Waals surface area contributed by atoms with Crippen LogP contribution in [0.4, 0.5) is 11.6 Å². The fraction of sp³-hybridized carbons (Fsp3) is 0.240. The first-order valence-electron chi connectivity index (χ1n) is 11.0. The third kappa shape index (κ3) is 3.26. The van der Waals surface area contributed by atoms with Gasteiger partial charge in [0.05, 0.1) is 11.4 Å². The molecule has 32 heavy (non-hydrogen) atoms. The molecule has 160 valence electrons. The Hall–Kier alpha value is -3.87. The maximum Gasteiger partial charge on any atom is 0.154 e. The van der Waals surface area contributed by atoms with Gasteiger partial charge < -0.3 is 15.5 Å². The Bertz CT molecular complexity index is 1320. The van der Waals surface area contributed by atoms with Crippen molar-refractivity contribution in [3.8, 4) is 11.3 Å². The van der Waals surface area contributed by atoms with Crippen LogP contribution in [0.25, 0.3) is 16.9 Å². The monoisotopic (exact) mass is 423 g/mol. The number of fused-ring (bicyclic) bond motifs is 2. The molecule has 1 unspecified atom stereocenters. The SMILES string of the molecule is Cc1nc2ccc(N3CC4=CN(Cc5ccccc5)CC4C3)nn2c1-c1ccnc(N)c1. The number of pyridine rings is 1. The third-order valence-electron chi connectivity index (χ3n) is 6.39. The fourth-order valence-electron chi connectivity index (χ4n) is 4.92. The van der Waals surface area contributed by atoms with Crippen LogP contribution in [-0.4, -0.2) is 44.1 Å². The van der Waals surface area contributed by atoms with E-state index in [1.807, 2.05) is 29.6 Å². The van der Waals surface area contributed by atoms with Crippen LogP contribution >= 0.6 is 0 Å². The average molecular weight is 424 g/mol. The summed E-state index contributed by atoms with van der Waals surface area (Å²) in [6, 6.07) is 18.6. The number of imidazole rings is 1. The summed E-state index contributed by atoms with van der Waals surface area (Å²) >= 11 is 0. The van der Waals surface area contributed by atoms with E-state index in [0.29, 0.717) is 11.7 Å². The van der Waals surface area contributed by atoms with E-state index < -0.39 is 0 Å². The molecule has 1 atom stereocenters. The zero-order valence-electron chi connectivity index (χ0n) is 18.0. The summed E-state index contributed by atoms with van der Waals surface area (Å²) in [4.78, 5) is 13.6. The van der Waals surface area contributed by atoms with Gasteiger partial charge in [0.15, 0.2) is 5.65 Å². The van der Waals surface area contributed by atoms with Crippen LogP contribution in [0.15, 0.2) is 72.6 Å². The minimum absolute atomic E-state index is 0.493. The number of benzene rings is 1. The van der Waals surface area contributed by atoms with Crippen molar-refractivity contribution < 1.29 is 0 Å². The summed E-state index contributed by atoms with van der Waals surface area (Å²) in [7, 11) is 0. The molecule has 0 spiro atoms. The first kappa shape index (κ1) is 18.9. The molecule has 7 heteroatoms. The van der Waals surface area contributed by atoms with Gasteiger partial charge >= 0.3 is 0 Å². The summed E-state index contributed by atoms with van der Waals surface area (Å²) in [5.41, 5.74) is 12.5. The topological polar surface area (TPSA) is 75.6 Å². The minimum Gasteiger partial charge on any atom is -0.384 e. The van der Waals surface area contributed by atoms with Gasteiger partial charge in [0.25, 0.3) is 0 Å². The number of rotatable bonds is 4. The van der Waals surface area contributed by atoms with E-state index in [4.69, 9.17) is 15.8 Å². The predicted molar refractivity (Wildman–Crippen MR) is 126 cm³/mol. The Labute approximate surface area is 186 Å². The van der Waals surface area contributed by atoms with Crippen molar-refractivity contribution in [2.24, 2.45) is 5.92 Å². The number of hydrogen-bond acceptors (Lipinski definition) is 6. The molecule has 1 aromatic carbocycles. The van der Waals surface area contributed by atoms with E-state index in [0.717, 1.165) is 54.6 Å². The van der Waals surface area contributed by atoms with Crippen LogP contribution in [-0.2, 0) is 6.54 Å². The second kappa shape index (κ2) is 7.37. The van der Waals surface area contributed by atoms with Crippen molar-refractivity contribution in [1.82, 2.24) is 24.5 Å². The largest absolute Gasteiger partial charge is 0.384 e. The number of nitrogens with two attached hydrogens (primary N) is 1. The second-order valence-electron chi connectivity index (χ2n) is 8.67. The van der Waals surface area contributed by atoms with Crippen molar-refractivity contribution in [1.29, 1.82) is 0 Å². The van der Waals surface area contributed by atoms with Gasteiger partial charge in [-0.15, -0.1) is 5.10 Å². The molecule has 0 bridgehead atoms. The lowest BCUT2D eigenvalue weighted by atomic mass is 10.1. The van der Waals surface area contributed by atoms with E-state index in [1.165, 1.54) is 11.1 Å². The molecule has 2 aliphatic rings. The highest BCUT2D eigenvalue weighted by Gasteiger charge is 2.34. The molecule has 0 amide bonds. The molecule has 1 saturated heterocycles. The number of aryl methyl sites for hydroxylation is 1. The van der Waals surface area contributed by atoms with Gasteiger partial charge in [-0.3, -0.25) is 0 Å². The lowest BCUT2D eigenvalue weighted by Gasteiger charge is -2.21. The van der Waals surface area contributed by atoms with Crippen LogP contribution < -0.4 is 10.6 Å². The van der Waals surface area contributed by atoms with Crippen molar-refractivity contribution in [2.75, 3.05) is 30.3 Å². The normalized spacial score (nSPS) is 17.8. The smallest absolute Gasteiger partial charge is 0.154 e. The van der Waals surface area contributed by atoms with Gasteiger partial charge in [0, 0.05) is 50.1 Å². The maximum atomic E-state index is 5.92. The molecule has 5 heterocycles. The summed E-state index contributed by atoms with van der Waals surface area (Å²) in [5.74, 6) is 2.02. The Morgan fingerprint density at radius 3 is 2.75 bits per heavy atom. The molecular formula is C25H25N7. The minimum atomic E-state index is 0.493. The van der Waals surface area contributed by atoms with Crippen molar-refractivity contribution in [3.63, 3.8) is 0 Å². The van der Waals surface area contributed by atoms with E-state index in [9.17, 15) is 0 Å². The molecule has 7 nitrogen and oxygen atoms in total. The van der Waals surface area contributed by atoms with E-state index in [2.05, 4.69) is 57.4 Å². The van der Waals surface area contributed by atoms with Gasteiger partial charge in [-0.05, 0) is 42.3 Å². The van der Waals surface area contributed by atoms with E-state index >= 15 is 0 Å². The molecule has 2 N–H and O–H groups in total. The number of anilines is 2. The Balaban J connectivity index is 1.27. The van der Waals surface area contributed by atoms with Crippen LogP contribution in [0.1, 0.15) is 11.3 Å². The van der Waals surface area contributed by atoms with Crippen LogP contribution in [0, 0.1) is 12.8 Å².